The van der Waals surface area contributed by atoms with Crippen LogP contribution in [0.4, 0.5) is 0 Å². The maximum absolute atomic E-state index is 14.5. The molecule has 412 valence electrons. The van der Waals surface area contributed by atoms with Crippen molar-refractivity contribution in [3.05, 3.63) is 47.6 Å². The van der Waals surface area contributed by atoms with Crippen LogP contribution in [0.3, 0.4) is 0 Å². The molecule has 1 saturated carbocycles. The van der Waals surface area contributed by atoms with Gasteiger partial charge < -0.3 is 53.7 Å². The van der Waals surface area contributed by atoms with Crippen molar-refractivity contribution in [3.8, 4) is 0 Å². The molecule has 0 aromatic carbocycles. The average molecular weight is 1030 g/mol. The summed E-state index contributed by atoms with van der Waals surface area (Å²) in [5, 5.41) is 43.1. The number of carbonyl (C=O) groups is 6. The topological polar surface area (TPSA) is 242 Å². The number of fused-ring (bicyclic) bond motifs is 3. The van der Waals surface area contributed by atoms with Gasteiger partial charge in [-0.25, -0.2) is 4.79 Å². The Morgan fingerprint density at radius 1 is 0.863 bits per heavy atom. The molecule has 1 aliphatic carbocycles. The summed E-state index contributed by atoms with van der Waals surface area (Å²) < 4.78 is 35.4. The molecular formula is C56H87NO16. The summed E-state index contributed by atoms with van der Waals surface area (Å²) in [4.78, 5) is 85.4. The summed E-state index contributed by atoms with van der Waals surface area (Å²) in [6.45, 7) is 12.7. The van der Waals surface area contributed by atoms with E-state index in [0.717, 1.165) is 10.5 Å². The highest BCUT2D eigenvalue weighted by molar-refractivity contribution is 6.39. The van der Waals surface area contributed by atoms with Crippen molar-refractivity contribution in [2.75, 3.05) is 41.1 Å². The third-order valence-corrected chi connectivity index (χ3v) is 15.9. The number of carbonyl (C=O) groups excluding carboxylic acids is 6. The van der Waals surface area contributed by atoms with Crippen molar-refractivity contribution in [1.82, 2.24) is 4.90 Å². The molecule has 4 aliphatic rings. The molecule has 3 fully saturated rings. The normalized spacial score (nSPS) is 36.3. The van der Waals surface area contributed by atoms with Gasteiger partial charge in [-0.3, -0.25) is 24.0 Å². The first-order chi connectivity index (χ1) is 34.5. The highest BCUT2D eigenvalue weighted by atomic mass is 16.6. The number of ketones is 3. The van der Waals surface area contributed by atoms with Gasteiger partial charge in [0.2, 0.25) is 5.79 Å². The Morgan fingerprint density at radius 3 is 2.21 bits per heavy atom. The molecule has 0 radical (unpaired) electrons. The number of rotatable bonds is 10. The third kappa shape index (κ3) is 16.0. The largest absolute Gasteiger partial charge is 0.460 e. The minimum Gasteiger partial charge on any atom is -0.460 e. The van der Waals surface area contributed by atoms with E-state index in [0.29, 0.717) is 69.8 Å². The number of aliphatic hydroxyl groups excluding tert-OH is 3. The van der Waals surface area contributed by atoms with E-state index < -0.39 is 120 Å². The van der Waals surface area contributed by atoms with E-state index in [1.807, 2.05) is 51.2 Å². The Morgan fingerprint density at radius 2 is 1.56 bits per heavy atom. The van der Waals surface area contributed by atoms with Crippen molar-refractivity contribution >= 4 is 35.2 Å². The molecule has 0 aromatic rings. The number of amides is 1. The molecule has 0 aromatic heterocycles. The highest BCUT2D eigenvalue weighted by Gasteiger charge is 2.53. The summed E-state index contributed by atoms with van der Waals surface area (Å²) in [5.41, 5.74) is -0.277. The lowest BCUT2D eigenvalue weighted by molar-refractivity contribution is -0.265. The van der Waals surface area contributed by atoms with Crippen LogP contribution in [0.15, 0.2) is 47.6 Å². The summed E-state index contributed by atoms with van der Waals surface area (Å²) in [5.74, 6) is -9.36. The van der Waals surface area contributed by atoms with Gasteiger partial charge in [-0.1, -0.05) is 71.1 Å². The second-order valence-electron chi connectivity index (χ2n) is 21.8. The maximum atomic E-state index is 14.5. The lowest BCUT2D eigenvalue weighted by Gasteiger charge is -2.42. The smallest absolute Gasteiger partial charge is 0.329 e. The summed E-state index contributed by atoms with van der Waals surface area (Å²) >= 11 is 0. The van der Waals surface area contributed by atoms with Crippen LogP contribution >= 0.6 is 0 Å². The fourth-order valence-electron chi connectivity index (χ4n) is 10.7. The standard InChI is InChI=1S/C56H87NO16/c1-33-17-13-12-14-18-34(2)45(68-9)29-41-22-20-39(7)56(67,73-41)51(63)52(64)57-24-16-15-19-42(57)53(65)71-46(30-43(60)35(3)26-38(6)49(62)50(70-11)48(61)37(5)25-33)36(4)27-40-21-23-44(47(28-40)69-10)72-54(66)55(8,31-58)32-59/h12-14,17-18,26,33,35-37,39-42,44-47,49-50,58-59,62,67H,15-16,19-25,27-32H2,1-11H3/b14-12?,17-13+,34-18?,38-26+/t33-,35-,36-,37-,39-,40+,41+,42+,44-,45+,46+,47-,49-,50+,56+/m1/s1. The number of Topliss-reactive ketones (excluding diaryl/α,β-unsaturated/α-hetero) is 3. The molecule has 0 unspecified atom stereocenters. The molecule has 2 bridgehead atoms. The van der Waals surface area contributed by atoms with Crippen LogP contribution in [0, 0.1) is 40.9 Å². The Kier molecular flexibility index (Phi) is 23.9. The van der Waals surface area contributed by atoms with E-state index in [2.05, 4.69) is 0 Å². The number of nitrogens with zero attached hydrogens (tertiary/aromatic N) is 1. The first kappa shape index (κ1) is 61.6. The van der Waals surface area contributed by atoms with Gasteiger partial charge in [0.1, 0.15) is 41.7 Å². The molecular weight excluding hydrogens is 943 g/mol. The van der Waals surface area contributed by atoms with Crippen LogP contribution in [0.2, 0.25) is 0 Å². The number of methoxy groups -OCH3 is 3. The second-order valence-corrected chi connectivity index (χ2v) is 21.8. The van der Waals surface area contributed by atoms with Gasteiger partial charge in [-0.2, -0.15) is 0 Å². The molecule has 4 rings (SSSR count). The Bertz CT molecular complexity index is 2010. The molecule has 3 heterocycles. The van der Waals surface area contributed by atoms with E-state index in [-0.39, 0.29) is 42.8 Å². The number of aliphatic hydroxyl groups is 4. The zero-order valence-electron chi connectivity index (χ0n) is 45.3. The number of cyclic esters (lactones) is 1. The van der Waals surface area contributed by atoms with Crippen LogP contribution in [-0.4, -0.2) is 156 Å². The Balaban J connectivity index is 1.69. The van der Waals surface area contributed by atoms with Gasteiger partial charge in [0, 0.05) is 58.5 Å². The van der Waals surface area contributed by atoms with Crippen LogP contribution in [0.25, 0.3) is 0 Å². The van der Waals surface area contributed by atoms with Crippen molar-refractivity contribution < 1.29 is 77.6 Å². The number of hydrogen-bond acceptors (Lipinski definition) is 16. The lowest BCUT2D eigenvalue weighted by Crippen LogP contribution is -2.61. The Labute approximate surface area is 433 Å². The Hall–Kier alpha value is -3.94. The van der Waals surface area contributed by atoms with E-state index in [1.54, 1.807) is 40.9 Å². The minimum absolute atomic E-state index is 0.00697. The van der Waals surface area contributed by atoms with E-state index in [4.69, 9.17) is 28.4 Å². The average Bonchev–Trinajstić information content (AvgIpc) is 3.37. The molecule has 2 saturated heterocycles. The van der Waals surface area contributed by atoms with E-state index in [1.165, 1.54) is 21.1 Å². The third-order valence-electron chi connectivity index (χ3n) is 15.9. The van der Waals surface area contributed by atoms with Crippen molar-refractivity contribution in [2.45, 2.75) is 187 Å². The van der Waals surface area contributed by atoms with Crippen LogP contribution in [0.1, 0.15) is 132 Å². The van der Waals surface area contributed by atoms with E-state index in [9.17, 15) is 49.2 Å². The van der Waals surface area contributed by atoms with Crippen molar-refractivity contribution in [3.63, 3.8) is 0 Å². The van der Waals surface area contributed by atoms with Gasteiger partial charge in [-0.15, -0.1) is 0 Å². The van der Waals surface area contributed by atoms with Crippen molar-refractivity contribution in [1.29, 1.82) is 0 Å². The molecule has 4 N–H and O–H groups in total. The predicted molar refractivity (Wildman–Crippen MR) is 271 cm³/mol. The zero-order valence-corrected chi connectivity index (χ0v) is 45.3. The lowest BCUT2D eigenvalue weighted by atomic mass is 9.78. The molecule has 0 spiro atoms. The number of ether oxygens (including phenoxy) is 6. The van der Waals surface area contributed by atoms with Crippen molar-refractivity contribution in [2.24, 2.45) is 40.9 Å². The van der Waals surface area contributed by atoms with Crippen LogP contribution in [0.5, 0.6) is 0 Å². The zero-order chi connectivity index (χ0) is 54.4. The van der Waals surface area contributed by atoms with Crippen LogP contribution < -0.4 is 0 Å². The number of hydrogen-bond donors (Lipinski definition) is 4. The molecule has 1 amide bonds. The quantitative estimate of drug-likeness (QED) is 0.116. The highest BCUT2D eigenvalue weighted by Crippen LogP contribution is 2.38. The molecule has 3 aliphatic heterocycles. The van der Waals surface area contributed by atoms with Gasteiger partial charge in [0.25, 0.3) is 11.7 Å². The van der Waals surface area contributed by atoms with Gasteiger partial charge >= 0.3 is 11.9 Å². The monoisotopic (exact) mass is 1030 g/mol. The first-order valence-electron chi connectivity index (χ1n) is 26.4. The number of piperidine rings is 1. The fourth-order valence-corrected chi connectivity index (χ4v) is 10.7. The van der Waals surface area contributed by atoms with Crippen LogP contribution in [-0.2, 0) is 57.2 Å². The summed E-state index contributed by atoms with van der Waals surface area (Å²) in [6, 6.07) is -1.20. The molecule has 17 nitrogen and oxygen atoms in total. The number of esters is 2. The molecule has 15 atom stereocenters. The number of allylic oxidation sites excluding steroid dienone is 6. The fraction of sp³-hybridized carbons (Fsp3) is 0.750. The SMILES string of the molecule is CO[C@H]1C[C@@H]2CC[C@@H](C)[C@](O)(O2)C(=O)C(=O)N2CCCC[C@H]2C(=O)O[C@H]([C@H](C)C[C@@H]2CC[C@@H](OC(=O)C(C)(CO)CO)[C@H](OC)C2)CC(=O)[C@H](C)/C=C(\C)[C@@H](O)[C@@H](OC)C(=O)[C@H](C)C[C@H](C)/C=C/C=CC=C1C. The second kappa shape index (κ2) is 28.3. The summed E-state index contributed by atoms with van der Waals surface area (Å²) in [7, 11) is 4.43. The minimum atomic E-state index is -2.47. The van der Waals surface area contributed by atoms with Gasteiger partial charge in [-0.05, 0) is 114 Å². The molecule has 17 heteroatoms. The summed E-state index contributed by atoms with van der Waals surface area (Å²) in [6.07, 6.45) is 9.76. The maximum Gasteiger partial charge on any atom is 0.329 e. The van der Waals surface area contributed by atoms with Gasteiger partial charge in [0.05, 0.1) is 31.5 Å². The van der Waals surface area contributed by atoms with Gasteiger partial charge in [0.15, 0.2) is 5.78 Å². The van der Waals surface area contributed by atoms with E-state index >= 15 is 0 Å². The first-order valence-corrected chi connectivity index (χ1v) is 26.4. The molecule has 73 heavy (non-hydrogen) atoms. The predicted octanol–water partition coefficient (Wildman–Crippen LogP) is 5.72.